The predicted octanol–water partition coefficient (Wildman–Crippen LogP) is 4.62. The monoisotopic (exact) mass is 233 g/mol. The molecule has 1 N–H and O–H groups in total. The second kappa shape index (κ2) is 7.10. The first-order valence-electron chi connectivity index (χ1n) is 6.33. The number of hydrogen-bond acceptors (Lipinski definition) is 2. The van der Waals surface area contributed by atoms with Crippen molar-refractivity contribution in [1.82, 2.24) is 0 Å². The third-order valence-corrected chi connectivity index (χ3v) is 3.21. The Morgan fingerprint density at radius 1 is 0.941 bits per heavy atom. The predicted molar refractivity (Wildman–Crippen MR) is 73.6 cm³/mol. The van der Waals surface area contributed by atoms with E-state index in [9.17, 15) is 0 Å². The molecule has 17 heavy (non-hydrogen) atoms. The number of hydrogen-bond donors (Lipinski definition) is 1. The lowest BCUT2D eigenvalue weighted by Gasteiger charge is -2.07. The van der Waals surface area contributed by atoms with Crippen LogP contribution < -0.4 is 0 Å². The summed E-state index contributed by atoms with van der Waals surface area (Å²) in [5.74, 6) is 0. The van der Waals surface area contributed by atoms with Gasteiger partial charge in [-0.3, -0.25) is 0 Å². The van der Waals surface area contributed by atoms with E-state index in [0.29, 0.717) is 0 Å². The molecular weight excluding hydrogens is 210 g/mol. The molecule has 0 spiro atoms. The van der Waals surface area contributed by atoms with Crippen LogP contribution in [-0.2, 0) is 0 Å². The molecule has 0 saturated carbocycles. The lowest BCUT2D eigenvalue weighted by Crippen LogP contribution is -2.01. The van der Waals surface area contributed by atoms with Crippen LogP contribution in [0.1, 0.15) is 52.9 Å². The van der Waals surface area contributed by atoms with Crippen molar-refractivity contribution in [2.24, 2.45) is 5.16 Å². The van der Waals surface area contributed by atoms with E-state index in [2.05, 4.69) is 37.2 Å². The molecule has 2 heteroatoms. The molecule has 1 aliphatic carbocycles. The van der Waals surface area contributed by atoms with E-state index in [1.165, 1.54) is 11.1 Å². The van der Waals surface area contributed by atoms with Gasteiger partial charge in [0.15, 0.2) is 0 Å². The summed E-state index contributed by atoms with van der Waals surface area (Å²) in [6.45, 7) is 6.32. The van der Waals surface area contributed by atoms with Gasteiger partial charge in [0.1, 0.15) is 0 Å². The Hall–Kier alpha value is -1.31. The van der Waals surface area contributed by atoms with Gasteiger partial charge in [0.25, 0.3) is 0 Å². The zero-order chi connectivity index (χ0) is 12.7. The van der Waals surface area contributed by atoms with Gasteiger partial charge in [-0.05, 0) is 58.4 Å². The van der Waals surface area contributed by atoms with Crippen molar-refractivity contribution in [2.75, 3.05) is 0 Å². The van der Waals surface area contributed by atoms with Gasteiger partial charge in [0, 0.05) is 0 Å². The Labute approximate surface area is 104 Å². The highest BCUT2D eigenvalue weighted by atomic mass is 16.4. The van der Waals surface area contributed by atoms with E-state index < -0.39 is 0 Å². The molecule has 1 aliphatic rings. The van der Waals surface area contributed by atoms with Gasteiger partial charge in [0.2, 0.25) is 0 Å². The van der Waals surface area contributed by atoms with E-state index >= 15 is 0 Å². The van der Waals surface area contributed by atoms with Gasteiger partial charge in [-0.1, -0.05) is 34.5 Å². The zero-order valence-electron chi connectivity index (χ0n) is 11.2. The van der Waals surface area contributed by atoms with Crippen molar-refractivity contribution in [3.8, 4) is 0 Å². The van der Waals surface area contributed by atoms with E-state index in [1.54, 1.807) is 0 Å². The minimum atomic E-state index is 0.811. The SMILES string of the molecule is C/C1=C/CC/C=C(/C)CCC(=N\O)/C(C)=C\C1. The second-order valence-electron chi connectivity index (χ2n) is 4.82. The van der Waals surface area contributed by atoms with Crippen molar-refractivity contribution in [2.45, 2.75) is 52.9 Å². The largest absolute Gasteiger partial charge is 0.411 e. The second-order valence-corrected chi connectivity index (χ2v) is 4.82. The van der Waals surface area contributed by atoms with Gasteiger partial charge in [0.05, 0.1) is 5.71 Å². The maximum absolute atomic E-state index is 9.03. The summed E-state index contributed by atoms with van der Waals surface area (Å²) < 4.78 is 0. The average Bonchev–Trinajstić information content (AvgIpc) is 2.31. The fourth-order valence-corrected chi connectivity index (χ4v) is 1.92. The molecule has 0 aromatic rings. The summed E-state index contributed by atoms with van der Waals surface area (Å²) in [6, 6.07) is 0. The maximum Gasteiger partial charge on any atom is 0.0824 e. The molecule has 0 heterocycles. The van der Waals surface area contributed by atoms with Crippen molar-refractivity contribution >= 4 is 5.71 Å². The van der Waals surface area contributed by atoms with Crippen molar-refractivity contribution < 1.29 is 5.21 Å². The first-order valence-corrected chi connectivity index (χ1v) is 6.33. The van der Waals surface area contributed by atoms with Crippen LogP contribution in [0.15, 0.2) is 40.1 Å². The van der Waals surface area contributed by atoms with Crippen LogP contribution in [0.2, 0.25) is 0 Å². The Kier molecular flexibility index (Phi) is 5.75. The van der Waals surface area contributed by atoms with Crippen molar-refractivity contribution in [3.63, 3.8) is 0 Å². The van der Waals surface area contributed by atoms with Crippen LogP contribution in [-0.4, -0.2) is 10.9 Å². The van der Waals surface area contributed by atoms with Crippen LogP contribution in [0.3, 0.4) is 0 Å². The average molecular weight is 233 g/mol. The van der Waals surface area contributed by atoms with E-state index in [1.807, 2.05) is 6.92 Å². The number of rotatable bonds is 0. The van der Waals surface area contributed by atoms with E-state index in [-0.39, 0.29) is 0 Å². The molecule has 0 aromatic carbocycles. The molecule has 2 nitrogen and oxygen atoms in total. The van der Waals surface area contributed by atoms with Crippen LogP contribution in [0.5, 0.6) is 0 Å². The maximum atomic E-state index is 9.03. The first kappa shape index (κ1) is 13.8. The summed E-state index contributed by atoms with van der Waals surface area (Å²) in [6.07, 6.45) is 11.7. The van der Waals surface area contributed by atoms with Gasteiger partial charge < -0.3 is 5.21 Å². The van der Waals surface area contributed by atoms with Crippen LogP contribution in [0, 0.1) is 0 Å². The lowest BCUT2D eigenvalue weighted by molar-refractivity contribution is 0.318. The van der Waals surface area contributed by atoms with Crippen LogP contribution in [0.4, 0.5) is 0 Å². The summed E-state index contributed by atoms with van der Waals surface area (Å²) in [5, 5.41) is 12.4. The zero-order valence-corrected chi connectivity index (χ0v) is 11.2. The molecule has 0 bridgehead atoms. The molecule has 1 rings (SSSR count). The summed E-state index contributed by atoms with van der Waals surface area (Å²) >= 11 is 0. The Balaban J connectivity index is 2.87. The van der Waals surface area contributed by atoms with Gasteiger partial charge in [-0.15, -0.1) is 0 Å². The molecule has 0 aromatic heterocycles. The highest BCUT2D eigenvalue weighted by Crippen LogP contribution is 2.15. The van der Waals surface area contributed by atoms with Gasteiger partial charge >= 0.3 is 0 Å². The summed E-state index contributed by atoms with van der Waals surface area (Å²) in [5.41, 5.74) is 4.67. The molecule has 0 atom stereocenters. The molecular formula is C15H23NO. The van der Waals surface area contributed by atoms with Crippen LogP contribution >= 0.6 is 0 Å². The third-order valence-electron chi connectivity index (χ3n) is 3.21. The van der Waals surface area contributed by atoms with Crippen molar-refractivity contribution in [1.29, 1.82) is 0 Å². The Morgan fingerprint density at radius 2 is 1.59 bits per heavy atom. The molecule has 0 saturated heterocycles. The molecule has 0 radical (unpaired) electrons. The molecule has 0 aliphatic heterocycles. The minimum Gasteiger partial charge on any atom is -0.411 e. The fraction of sp³-hybridized carbons (Fsp3) is 0.533. The highest BCUT2D eigenvalue weighted by molar-refractivity contribution is 5.99. The minimum absolute atomic E-state index is 0.811. The lowest BCUT2D eigenvalue weighted by atomic mass is 10.00. The smallest absolute Gasteiger partial charge is 0.0824 e. The normalized spacial score (nSPS) is 31.2. The standard InChI is InChI=1S/C15H23NO/c1-12-6-4-5-7-13(2)9-11-15(16-17)14(3)10-8-12/h6-7,10,17H,4-5,8-9,11H2,1-3H3/b12-6-,13-7-,14-10-,16-15+. The van der Waals surface area contributed by atoms with Gasteiger partial charge in [-0.2, -0.15) is 0 Å². The van der Waals surface area contributed by atoms with Crippen molar-refractivity contribution in [3.05, 3.63) is 34.9 Å². The topological polar surface area (TPSA) is 32.6 Å². The highest BCUT2D eigenvalue weighted by Gasteiger charge is 2.04. The quantitative estimate of drug-likeness (QED) is 0.369. The Bertz CT molecular complexity index is 372. The van der Waals surface area contributed by atoms with E-state index in [4.69, 9.17) is 5.21 Å². The summed E-state index contributed by atoms with van der Waals surface area (Å²) in [7, 11) is 0. The van der Waals surface area contributed by atoms with Gasteiger partial charge in [-0.25, -0.2) is 0 Å². The third kappa shape index (κ3) is 5.03. The fourth-order valence-electron chi connectivity index (χ4n) is 1.92. The number of oxime groups is 1. The number of nitrogens with zero attached hydrogens (tertiary/aromatic N) is 1. The van der Waals surface area contributed by atoms with Crippen LogP contribution in [0.25, 0.3) is 0 Å². The Morgan fingerprint density at radius 3 is 2.24 bits per heavy atom. The summed E-state index contributed by atoms with van der Waals surface area (Å²) in [4.78, 5) is 0. The first-order chi connectivity index (χ1) is 8.13. The molecule has 0 unspecified atom stereocenters. The molecule has 94 valence electrons. The van der Waals surface area contributed by atoms with E-state index in [0.717, 1.165) is 43.4 Å². The number of allylic oxidation sites excluding steroid dienone is 6. The molecule has 0 fully saturated rings. The molecule has 0 amide bonds.